The third-order valence-corrected chi connectivity index (χ3v) is 5.84. The van der Waals surface area contributed by atoms with Gasteiger partial charge in [0.2, 0.25) is 0 Å². The zero-order valence-corrected chi connectivity index (χ0v) is 18.5. The second kappa shape index (κ2) is 9.09. The van der Waals surface area contributed by atoms with Gasteiger partial charge in [-0.25, -0.2) is 4.98 Å². The van der Waals surface area contributed by atoms with Crippen LogP contribution in [-0.2, 0) is 6.42 Å². The van der Waals surface area contributed by atoms with E-state index < -0.39 is 0 Å². The highest BCUT2D eigenvalue weighted by atomic mass is 16.1. The van der Waals surface area contributed by atoms with Crippen LogP contribution in [0, 0.1) is 0 Å². The van der Waals surface area contributed by atoms with Crippen molar-refractivity contribution in [2.24, 2.45) is 0 Å². The first kappa shape index (κ1) is 20.7. The number of nitrogens with zero attached hydrogens (tertiary/aromatic N) is 1. The van der Waals surface area contributed by atoms with Gasteiger partial charge in [-0.2, -0.15) is 0 Å². The van der Waals surface area contributed by atoms with E-state index in [0.717, 1.165) is 39.8 Å². The van der Waals surface area contributed by atoms with Gasteiger partial charge in [-0.05, 0) is 47.4 Å². The molecule has 33 heavy (non-hydrogen) atoms. The van der Waals surface area contributed by atoms with Crippen molar-refractivity contribution in [3.63, 3.8) is 0 Å². The highest BCUT2D eigenvalue weighted by molar-refractivity contribution is 6.13. The molecule has 5 rings (SSSR count). The number of carbonyl (C=O) groups excluding carboxylic acids is 1. The molecule has 0 bridgehead atoms. The first-order chi connectivity index (χ1) is 16.2. The summed E-state index contributed by atoms with van der Waals surface area (Å²) < 4.78 is 0. The van der Waals surface area contributed by atoms with Gasteiger partial charge in [-0.3, -0.25) is 4.79 Å². The lowest BCUT2D eigenvalue weighted by Crippen LogP contribution is -2.13. The molecule has 0 radical (unpaired) electrons. The molecule has 1 N–H and O–H groups in total. The molecule has 1 amide bonds. The van der Waals surface area contributed by atoms with Crippen molar-refractivity contribution < 1.29 is 4.79 Å². The molecular weight excluding hydrogens is 404 g/mol. The first-order valence-corrected chi connectivity index (χ1v) is 11.2. The van der Waals surface area contributed by atoms with E-state index in [9.17, 15) is 4.79 Å². The van der Waals surface area contributed by atoms with E-state index in [4.69, 9.17) is 4.98 Å². The Hall–Kier alpha value is -4.24. The van der Waals surface area contributed by atoms with E-state index in [0.29, 0.717) is 5.56 Å². The van der Waals surface area contributed by atoms with E-state index in [1.165, 1.54) is 11.1 Å². The fraction of sp³-hybridized carbons (Fsp3) is 0.0667. The second-order valence-electron chi connectivity index (χ2n) is 8.02. The van der Waals surface area contributed by atoms with Gasteiger partial charge in [0.05, 0.1) is 16.8 Å². The molecule has 0 saturated heterocycles. The number of anilines is 1. The van der Waals surface area contributed by atoms with Gasteiger partial charge >= 0.3 is 0 Å². The van der Waals surface area contributed by atoms with Crippen molar-refractivity contribution in [2.45, 2.75) is 13.3 Å². The molecule has 0 fully saturated rings. The lowest BCUT2D eigenvalue weighted by atomic mass is 10.0. The van der Waals surface area contributed by atoms with Crippen LogP contribution >= 0.6 is 0 Å². The number of benzene rings is 4. The Balaban J connectivity index is 1.52. The van der Waals surface area contributed by atoms with Crippen molar-refractivity contribution in [3.8, 4) is 22.4 Å². The summed E-state index contributed by atoms with van der Waals surface area (Å²) in [5.41, 5.74) is 7.47. The fourth-order valence-corrected chi connectivity index (χ4v) is 4.04. The number of hydrogen-bond donors (Lipinski definition) is 1. The van der Waals surface area contributed by atoms with Crippen LogP contribution < -0.4 is 5.32 Å². The summed E-state index contributed by atoms with van der Waals surface area (Å²) in [5.74, 6) is -0.135. The number of carbonyl (C=O) groups is 1. The van der Waals surface area contributed by atoms with Gasteiger partial charge in [-0.1, -0.05) is 91.9 Å². The number of fused-ring (bicyclic) bond motifs is 1. The van der Waals surface area contributed by atoms with Crippen molar-refractivity contribution in [2.75, 3.05) is 5.32 Å². The van der Waals surface area contributed by atoms with Crippen molar-refractivity contribution in [3.05, 3.63) is 120 Å². The standard InChI is InChI=1S/C30H24N2O/c1-2-21-9-8-12-25(19-21)31-30(33)27-20-29(32-28-14-7-6-13-26(27)28)24-17-15-23(16-18-24)22-10-4-3-5-11-22/h3-20H,2H2,1H3,(H,31,33). The van der Waals surface area contributed by atoms with E-state index in [1.54, 1.807) is 0 Å². The summed E-state index contributed by atoms with van der Waals surface area (Å²) >= 11 is 0. The first-order valence-electron chi connectivity index (χ1n) is 11.2. The Morgan fingerprint density at radius 2 is 1.42 bits per heavy atom. The Kier molecular flexibility index (Phi) is 5.69. The molecule has 3 nitrogen and oxygen atoms in total. The molecule has 1 heterocycles. The Bertz CT molecular complexity index is 1420. The van der Waals surface area contributed by atoms with Gasteiger partial charge < -0.3 is 5.32 Å². The van der Waals surface area contributed by atoms with Gasteiger partial charge in [0.1, 0.15) is 0 Å². The number of hydrogen-bond acceptors (Lipinski definition) is 2. The summed E-state index contributed by atoms with van der Waals surface area (Å²) in [6, 6.07) is 36.2. The predicted octanol–water partition coefficient (Wildman–Crippen LogP) is 7.38. The molecule has 0 spiro atoms. The lowest BCUT2D eigenvalue weighted by molar-refractivity contribution is 0.102. The zero-order chi connectivity index (χ0) is 22.6. The Labute approximate surface area is 193 Å². The number of amides is 1. The van der Waals surface area contributed by atoms with Gasteiger partial charge in [0.25, 0.3) is 5.91 Å². The van der Waals surface area contributed by atoms with E-state index in [-0.39, 0.29) is 5.91 Å². The van der Waals surface area contributed by atoms with E-state index in [2.05, 4.69) is 54.7 Å². The quantitative estimate of drug-likeness (QED) is 0.317. The van der Waals surface area contributed by atoms with Gasteiger partial charge in [-0.15, -0.1) is 0 Å². The van der Waals surface area contributed by atoms with Crippen LogP contribution in [0.5, 0.6) is 0 Å². The zero-order valence-electron chi connectivity index (χ0n) is 18.5. The van der Waals surface area contributed by atoms with Crippen LogP contribution in [0.4, 0.5) is 5.69 Å². The number of nitrogens with one attached hydrogen (secondary N) is 1. The number of aromatic nitrogens is 1. The highest BCUT2D eigenvalue weighted by Gasteiger charge is 2.14. The maximum absolute atomic E-state index is 13.3. The Morgan fingerprint density at radius 3 is 2.21 bits per heavy atom. The van der Waals surface area contributed by atoms with Crippen molar-refractivity contribution >= 4 is 22.5 Å². The third kappa shape index (κ3) is 4.39. The predicted molar refractivity (Wildman–Crippen MR) is 136 cm³/mol. The molecule has 0 aliphatic carbocycles. The third-order valence-electron chi connectivity index (χ3n) is 5.84. The maximum Gasteiger partial charge on any atom is 0.256 e. The number of para-hydroxylation sites is 1. The minimum Gasteiger partial charge on any atom is -0.322 e. The summed E-state index contributed by atoms with van der Waals surface area (Å²) in [5, 5.41) is 3.91. The molecule has 160 valence electrons. The normalized spacial score (nSPS) is 10.8. The van der Waals surface area contributed by atoms with E-state index in [1.807, 2.05) is 66.7 Å². The molecular formula is C30H24N2O. The number of rotatable bonds is 5. The molecule has 0 aliphatic rings. The SMILES string of the molecule is CCc1cccc(NC(=O)c2cc(-c3ccc(-c4ccccc4)cc3)nc3ccccc23)c1. The van der Waals surface area contributed by atoms with Crippen LogP contribution in [0.1, 0.15) is 22.8 Å². The van der Waals surface area contributed by atoms with Gasteiger partial charge in [0.15, 0.2) is 0 Å². The monoisotopic (exact) mass is 428 g/mol. The number of pyridine rings is 1. The van der Waals surface area contributed by atoms with Crippen LogP contribution in [0.2, 0.25) is 0 Å². The smallest absolute Gasteiger partial charge is 0.256 e. The molecule has 1 aromatic heterocycles. The summed E-state index contributed by atoms with van der Waals surface area (Å²) in [4.78, 5) is 18.2. The largest absolute Gasteiger partial charge is 0.322 e. The van der Waals surface area contributed by atoms with Crippen LogP contribution in [0.25, 0.3) is 33.3 Å². The average Bonchev–Trinajstić information content (AvgIpc) is 2.88. The summed E-state index contributed by atoms with van der Waals surface area (Å²) in [6.07, 6.45) is 0.922. The lowest BCUT2D eigenvalue weighted by Gasteiger charge is -2.12. The highest BCUT2D eigenvalue weighted by Crippen LogP contribution is 2.28. The molecule has 0 aliphatic heterocycles. The summed E-state index contributed by atoms with van der Waals surface area (Å²) in [6.45, 7) is 2.10. The summed E-state index contributed by atoms with van der Waals surface area (Å²) in [7, 11) is 0. The average molecular weight is 429 g/mol. The van der Waals surface area contributed by atoms with Crippen LogP contribution in [0.15, 0.2) is 109 Å². The minimum atomic E-state index is -0.135. The molecule has 5 aromatic rings. The van der Waals surface area contributed by atoms with Crippen LogP contribution in [-0.4, -0.2) is 10.9 Å². The Morgan fingerprint density at radius 1 is 0.727 bits per heavy atom. The molecule has 4 aromatic carbocycles. The molecule has 0 unspecified atom stereocenters. The molecule has 3 heteroatoms. The second-order valence-corrected chi connectivity index (χ2v) is 8.02. The van der Waals surface area contributed by atoms with Gasteiger partial charge in [0, 0.05) is 16.6 Å². The minimum absolute atomic E-state index is 0.135. The molecule has 0 atom stereocenters. The van der Waals surface area contributed by atoms with Crippen molar-refractivity contribution in [1.29, 1.82) is 0 Å². The van der Waals surface area contributed by atoms with Crippen LogP contribution in [0.3, 0.4) is 0 Å². The van der Waals surface area contributed by atoms with Crippen molar-refractivity contribution in [1.82, 2.24) is 4.98 Å². The topological polar surface area (TPSA) is 42.0 Å². The number of aryl methyl sites for hydroxylation is 1. The molecule has 0 saturated carbocycles. The van der Waals surface area contributed by atoms with E-state index >= 15 is 0 Å². The fourth-order valence-electron chi connectivity index (χ4n) is 4.04. The maximum atomic E-state index is 13.3.